The molecule has 0 aliphatic carbocycles. The third-order valence-electron chi connectivity index (χ3n) is 4.89. The van der Waals surface area contributed by atoms with Crippen molar-refractivity contribution < 1.29 is 0 Å². The molecule has 0 radical (unpaired) electrons. The maximum Gasteiger partial charge on any atom is 0.00415 e. The van der Waals surface area contributed by atoms with Crippen molar-refractivity contribution in [1.29, 1.82) is 0 Å². The van der Waals surface area contributed by atoms with Gasteiger partial charge < -0.3 is 4.90 Å². The van der Waals surface area contributed by atoms with E-state index in [1.165, 1.54) is 38.9 Å². The second-order valence-electron chi connectivity index (χ2n) is 10.6. The van der Waals surface area contributed by atoms with E-state index in [1.807, 2.05) is 0 Å². The summed E-state index contributed by atoms with van der Waals surface area (Å²) in [5.74, 6) is 0. The molecule has 0 rings (SSSR count). The summed E-state index contributed by atoms with van der Waals surface area (Å²) in [7, 11) is 0. The van der Waals surface area contributed by atoms with Crippen molar-refractivity contribution >= 4 is 0 Å². The molecule has 0 amide bonds. The van der Waals surface area contributed by atoms with E-state index < -0.39 is 0 Å². The highest BCUT2D eigenvalue weighted by Crippen LogP contribution is 2.27. The van der Waals surface area contributed by atoms with Crippen LogP contribution in [0.15, 0.2) is 0 Å². The van der Waals surface area contributed by atoms with E-state index in [1.54, 1.807) is 0 Å². The molecule has 2 heteroatoms. The molecule has 0 aliphatic rings. The van der Waals surface area contributed by atoms with Crippen LogP contribution in [0.3, 0.4) is 0 Å². The molecule has 0 spiro atoms. The third kappa shape index (κ3) is 10.7. The van der Waals surface area contributed by atoms with Gasteiger partial charge in [-0.3, -0.25) is 4.90 Å². The fraction of sp³-hybridized carbons (Fsp3) is 1.00. The van der Waals surface area contributed by atoms with Gasteiger partial charge in [0.1, 0.15) is 0 Å². The zero-order chi connectivity index (χ0) is 19.1. The molecule has 0 aromatic carbocycles. The van der Waals surface area contributed by atoms with Gasteiger partial charge in [0.25, 0.3) is 0 Å². The van der Waals surface area contributed by atoms with E-state index in [-0.39, 0.29) is 0 Å². The predicted octanol–water partition coefficient (Wildman–Crippen LogP) is 6.06. The Labute approximate surface area is 154 Å². The Balaban J connectivity index is 4.36. The summed E-state index contributed by atoms with van der Waals surface area (Å²) in [6.45, 7) is 29.5. The summed E-state index contributed by atoms with van der Waals surface area (Å²) < 4.78 is 0. The van der Waals surface area contributed by atoms with Gasteiger partial charge in [0, 0.05) is 31.2 Å². The molecule has 0 N–H and O–H groups in total. The molecule has 0 saturated heterocycles. The SMILES string of the molecule is CC(C)N(CCCCC(C)(C)CN(C(C)C)C(C)C)CC(C)(C)C. The molecule has 24 heavy (non-hydrogen) atoms. The van der Waals surface area contributed by atoms with Crippen LogP contribution in [0, 0.1) is 10.8 Å². The second kappa shape index (κ2) is 10.2. The van der Waals surface area contributed by atoms with Gasteiger partial charge in [-0.1, -0.05) is 41.0 Å². The lowest BCUT2D eigenvalue weighted by molar-refractivity contribution is 0.102. The quantitative estimate of drug-likeness (QED) is 0.422. The maximum absolute atomic E-state index is 2.65. The lowest BCUT2D eigenvalue weighted by Crippen LogP contribution is -2.43. The number of rotatable bonds is 11. The molecule has 0 saturated carbocycles. The molecule has 0 aromatic rings. The highest BCUT2D eigenvalue weighted by molar-refractivity contribution is 4.79. The molecule has 0 aliphatic heterocycles. The van der Waals surface area contributed by atoms with Crippen molar-refractivity contribution in [2.75, 3.05) is 19.6 Å². The Kier molecular flexibility index (Phi) is 10.1. The minimum Gasteiger partial charge on any atom is -0.300 e. The van der Waals surface area contributed by atoms with E-state index in [4.69, 9.17) is 0 Å². The normalized spacial score (nSPS) is 14.0. The van der Waals surface area contributed by atoms with Crippen molar-refractivity contribution in [2.45, 2.75) is 114 Å². The Bertz CT molecular complexity index is 315. The molecule has 0 fully saturated rings. The van der Waals surface area contributed by atoms with Crippen LogP contribution >= 0.6 is 0 Å². The molecule has 2 nitrogen and oxygen atoms in total. The number of nitrogens with zero attached hydrogens (tertiary/aromatic N) is 2. The topological polar surface area (TPSA) is 6.48 Å². The summed E-state index contributed by atoms with van der Waals surface area (Å²) in [6.07, 6.45) is 3.98. The first-order valence-electron chi connectivity index (χ1n) is 10.2. The van der Waals surface area contributed by atoms with Crippen molar-refractivity contribution in [3.05, 3.63) is 0 Å². The minimum absolute atomic E-state index is 0.387. The van der Waals surface area contributed by atoms with E-state index in [0.29, 0.717) is 29.0 Å². The summed E-state index contributed by atoms with van der Waals surface area (Å²) in [5, 5.41) is 0. The highest BCUT2D eigenvalue weighted by atomic mass is 15.2. The zero-order valence-electron chi connectivity index (χ0n) is 18.9. The van der Waals surface area contributed by atoms with Crippen LogP contribution in [0.25, 0.3) is 0 Å². The lowest BCUT2D eigenvalue weighted by Gasteiger charge is -2.38. The van der Waals surface area contributed by atoms with E-state index >= 15 is 0 Å². The first-order valence-corrected chi connectivity index (χ1v) is 10.2. The fourth-order valence-corrected chi connectivity index (χ4v) is 3.58. The molecule has 0 aromatic heterocycles. The van der Waals surface area contributed by atoms with Crippen LogP contribution in [0.2, 0.25) is 0 Å². The van der Waals surface area contributed by atoms with Gasteiger partial charge in [-0.15, -0.1) is 0 Å². The van der Waals surface area contributed by atoms with Crippen LogP contribution in [0.4, 0.5) is 0 Å². The largest absolute Gasteiger partial charge is 0.300 e. The number of hydrogen-bond acceptors (Lipinski definition) is 2. The molecular weight excluding hydrogens is 292 g/mol. The Hall–Kier alpha value is -0.0800. The van der Waals surface area contributed by atoms with Gasteiger partial charge in [-0.05, 0) is 71.8 Å². The average molecular weight is 341 g/mol. The van der Waals surface area contributed by atoms with Gasteiger partial charge >= 0.3 is 0 Å². The molecule has 0 heterocycles. The summed E-state index contributed by atoms with van der Waals surface area (Å²) >= 11 is 0. The van der Waals surface area contributed by atoms with Gasteiger partial charge in [-0.2, -0.15) is 0 Å². The smallest absolute Gasteiger partial charge is 0.00415 e. The van der Waals surface area contributed by atoms with Gasteiger partial charge in [0.2, 0.25) is 0 Å². The van der Waals surface area contributed by atoms with Crippen molar-refractivity contribution in [1.82, 2.24) is 9.80 Å². The van der Waals surface area contributed by atoms with Crippen molar-refractivity contribution in [3.8, 4) is 0 Å². The van der Waals surface area contributed by atoms with Gasteiger partial charge in [0.05, 0.1) is 0 Å². The monoisotopic (exact) mass is 340 g/mol. The summed E-state index contributed by atoms with van der Waals surface area (Å²) in [4.78, 5) is 5.29. The van der Waals surface area contributed by atoms with Gasteiger partial charge in [-0.25, -0.2) is 0 Å². The van der Waals surface area contributed by atoms with Crippen LogP contribution in [0.5, 0.6) is 0 Å². The summed E-state index contributed by atoms with van der Waals surface area (Å²) in [6, 6.07) is 1.91. The molecule has 146 valence electrons. The number of unbranched alkanes of at least 4 members (excludes halogenated alkanes) is 1. The van der Waals surface area contributed by atoms with E-state index in [2.05, 4.69) is 86.0 Å². The third-order valence-corrected chi connectivity index (χ3v) is 4.89. The first kappa shape index (κ1) is 23.9. The predicted molar refractivity (Wildman–Crippen MR) is 111 cm³/mol. The standard InChI is InChI=1S/C22H48N2/c1-18(2)23(16-21(7,8)9)15-13-12-14-22(10,11)17-24(19(3)4)20(5)6/h18-20H,12-17H2,1-11H3. The van der Waals surface area contributed by atoms with Crippen LogP contribution in [-0.2, 0) is 0 Å². The molecule has 0 unspecified atom stereocenters. The fourth-order valence-electron chi connectivity index (χ4n) is 3.58. The van der Waals surface area contributed by atoms with E-state index in [9.17, 15) is 0 Å². The minimum atomic E-state index is 0.387. The number of hydrogen-bond donors (Lipinski definition) is 0. The maximum atomic E-state index is 2.65. The van der Waals surface area contributed by atoms with Crippen LogP contribution in [0.1, 0.15) is 95.4 Å². The van der Waals surface area contributed by atoms with Crippen LogP contribution < -0.4 is 0 Å². The first-order chi connectivity index (χ1) is 10.7. The van der Waals surface area contributed by atoms with E-state index in [0.717, 1.165) is 0 Å². The highest BCUT2D eigenvalue weighted by Gasteiger charge is 2.25. The summed E-state index contributed by atoms with van der Waals surface area (Å²) in [5.41, 5.74) is 0.791. The van der Waals surface area contributed by atoms with Crippen molar-refractivity contribution in [2.24, 2.45) is 10.8 Å². The lowest BCUT2D eigenvalue weighted by atomic mass is 9.85. The molecule has 0 bridgehead atoms. The van der Waals surface area contributed by atoms with Crippen molar-refractivity contribution in [3.63, 3.8) is 0 Å². The Morgan fingerprint density at radius 3 is 1.54 bits per heavy atom. The van der Waals surface area contributed by atoms with Crippen LogP contribution in [-0.4, -0.2) is 47.6 Å². The Morgan fingerprint density at radius 1 is 0.667 bits per heavy atom. The molecular formula is C22H48N2. The average Bonchev–Trinajstić information content (AvgIpc) is 2.37. The molecule has 0 atom stereocenters. The zero-order valence-corrected chi connectivity index (χ0v) is 18.9. The van der Waals surface area contributed by atoms with Gasteiger partial charge in [0.15, 0.2) is 0 Å². The Morgan fingerprint density at radius 2 is 1.17 bits per heavy atom. The second-order valence-corrected chi connectivity index (χ2v) is 10.6.